The lowest BCUT2D eigenvalue weighted by Gasteiger charge is -2.33. The molecule has 2 amide bonds. The van der Waals surface area contributed by atoms with Gasteiger partial charge in [-0.1, -0.05) is 26.7 Å². The van der Waals surface area contributed by atoms with Gasteiger partial charge in [0.25, 0.3) is 0 Å². The first kappa shape index (κ1) is 23.4. The van der Waals surface area contributed by atoms with E-state index >= 15 is 0 Å². The van der Waals surface area contributed by atoms with Gasteiger partial charge in [-0.3, -0.25) is 9.59 Å². The third-order valence-corrected chi connectivity index (χ3v) is 4.11. The molecule has 0 unspecified atom stereocenters. The molecule has 1 saturated heterocycles. The quantitative estimate of drug-likeness (QED) is 0.316. The molecule has 0 aliphatic carbocycles. The average molecular weight is 394 g/mol. The molecule has 0 N–H and O–H groups in total. The summed E-state index contributed by atoms with van der Waals surface area (Å²) in [6.07, 6.45) is 8.06. The number of rotatable bonds is 10. The van der Waals surface area contributed by atoms with Crippen molar-refractivity contribution in [1.82, 2.24) is 9.80 Å². The molecule has 1 aliphatic heterocycles. The molecule has 8 heteroatoms. The van der Waals surface area contributed by atoms with Crippen molar-refractivity contribution < 1.29 is 28.7 Å². The number of nitrogens with zero attached hydrogens (tertiary/aromatic N) is 2. The molecule has 1 heterocycles. The van der Waals surface area contributed by atoms with Gasteiger partial charge < -0.3 is 19.3 Å². The van der Waals surface area contributed by atoms with Gasteiger partial charge >= 0.3 is 11.9 Å². The zero-order chi connectivity index (χ0) is 20.8. The number of unbranched alkanes of at least 4 members (excludes halogenated alkanes) is 2. The fourth-order valence-electron chi connectivity index (χ4n) is 2.37. The van der Waals surface area contributed by atoms with Gasteiger partial charge in [-0.15, -0.1) is 0 Å². The van der Waals surface area contributed by atoms with Crippen LogP contribution in [0.2, 0.25) is 0 Å². The number of ether oxygens (including phenoxy) is 2. The molecule has 0 aromatic heterocycles. The summed E-state index contributed by atoms with van der Waals surface area (Å²) in [6, 6.07) is 0. The van der Waals surface area contributed by atoms with Crippen LogP contribution >= 0.6 is 0 Å². The summed E-state index contributed by atoms with van der Waals surface area (Å²) in [6.45, 7) is 6.09. The molecule has 8 nitrogen and oxygen atoms in total. The van der Waals surface area contributed by atoms with Crippen LogP contribution in [0.15, 0.2) is 24.3 Å². The van der Waals surface area contributed by atoms with Crippen LogP contribution in [0.1, 0.15) is 39.5 Å². The van der Waals surface area contributed by atoms with E-state index in [1.54, 1.807) is 9.80 Å². The van der Waals surface area contributed by atoms with Crippen LogP contribution in [-0.4, -0.2) is 72.9 Å². The van der Waals surface area contributed by atoms with Crippen molar-refractivity contribution in [3.8, 4) is 0 Å². The second kappa shape index (κ2) is 13.5. The maximum absolute atomic E-state index is 12.1. The minimum atomic E-state index is -0.536. The molecular formula is C20H30N2O6. The Labute approximate surface area is 166 Å². The summed E-state index contributed by atoms with van der Waals surface area (Å²) in [5, 5.41) is 0. The van der Waals surface area contributed by atoms with Crippen molar-refractivity contribution in [2.75, 3.05) is 39.4 Å². The Morgan fingerprint density at radius 3 is 1.36 bits per heavy atom. The molecule has 1 rings (SSSR count). The summed E-state index contributed by atoms with van der Waals surface area (Å²) in [5.41, 5.74) is 0. The predicted molar refractivity (Wildman–Crippen MR) is 103 cm³/mol. The molecule has 1 aliphatic rings. The topological polar surface area (TPSA) is 93.2 Å². The van der Waals surface area contributed by atoms with Crippen LogP contribution in [0.25, 0.3) is 0 Å². The maximum Gasteiger partial charge on any atom is 0.330 e. The highest BCUT2D eigenvalue weighted by Gasteiger charge is 2.22. The monoisotopic (exact) mass is 394 g/mol. The highest BCUT2D eigenvalue weighted by Crippen LogP contribution is 2.04. The summed E-state index contributed by atoms with van der Waals surface area (Å²) in [7, 11) is 0. The van der Waals surface area contributed by atoms with Gasteiger partial charge in [0.15, 0.2) is 0 Å². The lowest BCUT2D eigenvalue weighted by atomic mass is 10.3. The first-order valence-electron chi connectivity index (χ1n) is 9.75. The summed E-state index contributed by atoms with van der Waals surface area (Å²) >= 11 is 0. The molecule has 1 fully saturated rings. The number of carbonyl (C=O) groups is 4. The number of piperazine rings is 1. The lowest BCUT2D eigenvalue weighted by molar-refractivity contribution is -0.139. The standard InChI is InChI=1S/C20H30N2O6/c1-3-5-15-27-19(25)9-7-17(23)21-11-13-22(14-12-21)18(24)8-10-20(26)28-16-6-4-2/h7-10H,3-6,11-16H2,1-2H3/b9-7+,10-8+. The van der Waals surface area contributed by atoms with Gasteiger partial charge in [-0.05, 0) is 12.8 Å². The summed E-state index contributed by atoms with van der Waals surface area (Å²) in [4.78, 5) is 50.3. The lowest BCUT2D eigenvalue weighted by Crippen LogP contribution is -2.49. The molecule has 0 radical (unpaired) electrons. The minimum absolute atomic E-state index is 0.297. The Balaban J connectivity index is 2.35. The summed E-state index contributed by atoms with van der Waals surface area (Å²) < 4.78 is 9.90. The summed E-state index contributed by atoms with van der Waals surface area (Å²) in [5.74, 6) is -1.66. The number of hydrogen-bond donors (Lipinski definition) is 0. The van der Waals surface area contributed by atoms with E-state index in [1.165, 1.54) is 12.2 Å². The second-order valence-corrected chi connectivity index (χ2v) is 6.36. The van der Waals surface area contributed by atoms with E-state index in [4.69, 9.17) is 9.47 Å². The zero-order valence-corrected chi connectivity index (χ0v) is 16.7. The average Bonchev–Trinajstić information content (AvgIpc) is 2.70. The second-order valence-electron chi connectivity index (χ2n) is 6.36. The Morgan fingerprint density at radius 2 is 1.04 bits per heavy atom. The number of esters is 2. The van der Waals surface area contributed by atoms with Gasteiger partial charge in [0, 0.05) is 50.5 Å². The van der Waals surface area contributed by atoms with Crippen LogP contribution in [0.4, 0.5) is 0 Å². The molecule has 156 valence electrons. The predicted octanol–water partition coefficient (Wildman–Crippen LogP) is 1.46. The third kappa shape index (κ3) is 9.34. The number of carbonyl (C=O) groups excluding carboxylic acids is 4. The molecule has 28 heavy (non-hydrogen) atoms. The fraction of sp³-hybridized carbons (Fsp3) is 0.600. The molecule has 0 atom stereocenters. The Morgan fingerprint density at radius 1 is 0.679 bits per heavy atom. The van der Waals surface area contributed by atoms with Crippen molar-refractivity contribution in [3.63, 3.8) is 0 Å². The highest BCUT2D eigenvalue weighted by atomic mass is 16.5. The van der Waals surface area contributed by atoms with E-state index in [9.17, 15) is 19.2 Å². The normalized spacial score (nSPS) is 14.5. The van der Waals surface area contributed by atoms with Gasteiger partial charge in [-0.2, -0.15) is 0 Å². The molecule has 0 bridgehead atoms. The van der Waals surface area contributed by atoms with Crippen molar-refractivity contribution in [1.29, 1.82) is 0 Å². The minimum Gasteiger partial charge on any atom is -0.463 e. The maximum atomic E-state index is 12.1. The van der Waals surface area contributed by atoms with Crippen LogP contribution < -0.4 is 0 Å². The zero-order valence-electron chi connectivity index (χ0n) is 16.7. The van der Waals surface area contributed by atoms with Crippen molar-refractivity contribution in [3.05, 3.63) is 24.3 Å². The Kier molecular flexibility index (Phi) is 11.3. The Hall–Kier alpha value is -2.64. The van der Waals surface area contributed by atoms with E-state index < -0.39 is 11.9 Å². The molecular weight excluding hydrogens is 364 g/mol. The van der Waals surface area contributed by atoms with Gasteiger partial charge in [0.05, 0.1) is 13.2 Å². The van der Waals surface area contributed by atoms with Crippen LogP contribution in [0.3, 0.4) is 0 Å². The van der Waals surface area contributed by atoms with Crippen molar-refractivity contribution in [2.24, 2.45) is 0 Å². The first-order valence-corrected chi connectivity index (χ1v) is 9.75. The molecule has 0 spiro atoms. The van der Waals surface area contributed by atoms with Crippen molar-refractivity contribution >= 4 is 23.8 Å². The fourth-order valence-corrected chi connectivity index (χ4v) is 2.37. The smallest absolute Gasteiger partial charge is 0.330 e. The van der Waals surface area contributed by atoms with Crippen LogP contribution in [-0.2, 0) is 28.7 Å². The van der Waals surface area contributed by atoms with Crippen LogP contribution in [0, 0.1) is 0 Å². The number of hydrogen-bond acceptors (Lipinski definition) is 6. The van der Waals surface area contributed by atoms with Crippen LogP contribution in [0.5, 0.6) is 0 Å². The Bertz CT molecular complexity index is 540. The number of amides is 2. The molecule has 0 aromatic carbocycles. The van der Waals surface area contributed by atoms with Gasteiger partial charge in [-0.25, -0.2) is 9.59 Å². The van der Waals surface area contributed by atoms with E-state index in [-0.39, 0.29) is 11.8 Å². The van der Waals surface area contributed by atoms with Gasteiger partial charge in [0.2, 0.25) is 11.8 Å². The van der Waals surface area contributed by atoms with E-state index in [2.05, 4.69) is 0 Å². The first-order chi connectivity index (χ1) is 13.5. The molecule has 0 saturated carbocycles. The van der Waals surface area contributed by atoms with Gasteiger partial charge in [0.1, 0.15) is 0 Å². The van der Waals surface area contributed by atoms with E-state index in [0.717, 1.165) is 37.8 Å². The SMILES string of the molecule is CCCCOC(=O)/C=C/C(=O)N1CCN(C(=O)/C=C/C(=O)OCCCC)CC1. The van der Waals surface area contributed by atoms with E-state index in [0.29, 0.717) is 39.4 Å². The molecule has 0 aromatic rings. The van der Waals surface area contributed by atoms with Crippen molar-refractivity contribution in [2.45, 2.75) is 39.5 Å². The van der Waals surface area contributed by atoms with E-state index in [1.807, 2.05) is 13.8 Å². The largest absolute Gasteiger partial charge is 0.463 e. The third-order valence-electron chi connectivity index (χ3n) is 4.11. The highest BCUT2D eigenvalue weighted by molar-refractivity contribution is 5.96.